The molecule has 0 aliphatic carbocycles. The molecule has 0 saturated carbocycles. The smallest absolute Gasteiger partial charge is 0.163 e. The number of anilines is 2. The molecule has 0 amide bonds. The second kappa shape index (κ2) is 8.74. The third-order valence-electron chi connectivity index (χ3n) is 6.60. The molecule has 1 saturated heterocycles. The molecule has 10 heteroatoms. The molecular formula is C23H32B2N8. The van der Waals surface area contributed by atoms with Gasteiger partial charge in [-0.25, -0.2) is 9.97 Å². The number of hydrogen-bond acceptors (Lipinski definition) is 6. The van der Waals surface area contributed by atoms with E-state index < -0.39 is 5.34 Å². The van der Waals surface area contributed by atoms with Crippen molar-refractivity contribution in [3.63, 3.8) is 0 Å². The number of aromatic nitrogens is 5. The first-order chi connectivity index (χ1) is 15.9. The van der Waals surface area contributed by atoms with Crippen molar-refractivity contribution >= 4 is 38.6 Å². The number of hydrogen-bond donors (Lipinski definition) is 3. The molecule has 0 bridgehead atoms. The van der Waals surface area contributed by atoms with Crippen LogP contribution >= 0.6 is 0 Å². The lowest BCUT2D eigenvalue weighted by atomic mass is 9.60. The maximum atomic E-state index is 4.95. The lowest BCUT2D eigenvalue weighted by molar-refractivity contribution is 0.389. The first-order valence-electron chi connectivity index (χ1n) is 12.0. The summed E-state index contributed by atoms with van der Waals surface area (Å²) in [5, 5.41) is 15.0. The van der Waals surface area contributed by atoms with Crippen LogP contribution in [-0.2, 0) is 5.34 Å². The molecule has 0 atom stereocenters. The maximum absolute atomic E-state index is 4.95. The number of imidazole rings is 1. The van der Waals surface area contributed by atoms with Crippen LogP contribution in [-0.4, -0.2) is 59.3 Å². The third kappa shape index (κ3) is 4.44. The number of nitrogens with zero attached hydrogens (tertiary/aromatic N) is 5. The van der Waals surface area contributed by atoms with Gasteiger partial charge in [0.25, 0.3) is 0 Å². The fourth-order valence-electron chi connectivity index (χ4n) is 4.52. The normalized spacial score (nSPS) is 15.5. The molecule has 1 aliphatic heterocycles. The Bertz CT molecular complexity index is 1220. The van der Waals surface area contributed by atoms with Crippen LogP contribution < -0.4 is 16.0 Å². The van der Waals surface area contributed by atoms with Crippen molar-refractivity contribution in [3.8, 4) is 0 Å². The van der Waals surface area contributed by atoms with Crippen molar-refractivity contribution in [2.75, 3.05) is 30.3 Å². The van der Waals surface area contributed by atoms with Gasteiger partial charge in [-0.15, -0.1) is 0 Å². The standard InChI is InChI=1S/C23H32B2N8/c1-15(2)17-13-28-33-21(11-19(30-22(17)33)27-12-16-6-8-26-9-7-16)31-23(24,25)18-14-32-10-4-3-5-20(32)29-18/h3-5,10-11,13-16,26,31H,6-9,12,24-25H2,1-2H3,(H,27,30). The van der Waals surface area contributed by atoms with Crippen LogP contribution in [0.1, 0.15) is 43.9 Å². The molecule has 5 heterocycles. The molecular weight excluding hydrogens is 410 g/mol. The Morgan fingerprint density at radius 2 is 2.03 bits per heavy atom. The molecule has 170 valence electrons. The Morgan fingerprint density at radius 3 is 2.79 bits per heavy atom. The molecule has 0 spiro atoms. The molecule has 1 aliphatic rings. The van der Waals surface area contributed by atoms with Crippen LogP contribution in [0.25, 0.3) is 11.3 Å². The van der Waals surface area contributed by atoms with Gasteiger partial charge in [0.15, 0.2) is 5.65 Å². The van der Waals surface area contributed by atoms with E-state index in [0.29, 0.717) is 11.8 Å². The summed E-state index contributed by atoms with van der Waals surface area (Å²) >= 11 is 0. The maximum Gasteiger partial charge on any atom is 0.163 e. The van der Waals surface area contributed by atoms with Crippen molar-refractivity contribution in [2.45, 2.75) is 37.9 Å². The molecule has 0 radical (unpaired) electrons. The zero-order valence-electron chi connectivity index (χ0n) is 20.0. The van der Waals surface area contributed by atoms with E-state index in [-0.39, 0.29) is 0 Å². The highest BCUT2D eigenvalue weighted by Gasteiger charge is 2.26. The minimum atomic E-state index is -0.406. The first-order valence-corrected chi connectivity index (χ1v) is 12.0. The molecule has 1 fully saturated rings. The van der Waals surface area contributed by atoms with Gasteiger partial charge in [0.05, 0.1) is 11.9 Å². The van der Waals surface area contributed by atoms with Gasteiger partial charge in [0.2, 0.25) is 0 Å². The summed E-state index contributed by atoms with van der Waals surface area (Å²) in [6, 6.07) is 8.12. The van der Waals surface area contributed by atoms with E-state index >= 15 is 0 Å². The average molecular weight is 442 g/mol. The lowest BCUT2D eigenvalue weighted by Gasteiger charge is -2.27. The summed E-state index contributed by atoms with van der Waals surface area (Å²) < 4.78 is 3.97. The summed E-state index contributed by atoms with van der Waals surface area (Å²) in [5.74, 6) is 2.80. The fourth-order valence-corrected chi connectivity index (χ4v) is 4.52. The summed E-state index contributed by atoms with van der Waals surface area (Å²) in [4.78, 5) is 9.80. The largest absolute Gasteiger partial charge is 0.374 e. The average Bonchev–Trinajstić information content (AvgIpc) is 3.43. The second-order valence-corrected chi connectivity index (χ2v) is 9.93. The van der Waals surface area contributed by atoms with E-state index in [9.17, 15) is 0 Å². The predicted molar refractivity (Wildman–Crippen MR) is 139 cm³/mol. The van der Waals surface area contributed by atoms with E-state index in [2.05, 4.69) is 67.3 Å². The number of fused-ring (bicyclic) bond motifs is 2. The van der Waals surface area contributed by atoms with E-state index in [0.717, 1.165) is 53.8 Å². The van der Waals surface area contributed by atoms with Gasteiger partial charge in [0, 0.05) is 35.9 Å². The Hall–Kier alpha value is -3.00. The SMILES string of the molecule is BC(B)(Nc1cc(NCC2CCNCC2)nc2c(C(C)C)cnn12)c1cn2ccccc2n1. The number of rotatable bonds is 7. The quantitative estimate of drug-likeness (QED) is 0.376. The number of nitrogens with one attached hydrogen (secondary N) is 3. The van der Waals surface area contributed by atoms with Crippen molar-refractivity contribution in [3.05, 3.63) is 54.1 Å². The van der Waals surface area contributed by atoms with Crippen molar-refractivity contribution in [1.29, 1.82) is 0 Å². The van der Waals surface area contributed by atoms with E-state index in [1.165, 1.54) is 12.8 Å². The van der Waals surface area contributed by atoms with Crippen molar-refractivity contribution in [1.82, 2.24) is 29.3 Å². The molecule has 5 rings (SSSR count). The van der Waals surface area contributed by atoms with Crippen LogP contribution in [0.5, 0.6) is 0 Å². The van der Waals surface area contributed by atoms with Gasteiger partial charge >= 0.3 is 0 Å². The minimum absolute atomic E-state index is 0.342. The van der Waals surface area contributed by atoms with E-state index in [4.69, 9.17) is 9.97 Å². The predicted octanol–water partition coefficient (Wildman–Crippen LogP) is 1.40. The Kier molecular flexibility index (Phi) is 5.78. The summed E-state index contributed by atoms with van der Waals surface area (Å²) in [7, 11) is 4.30. The van der Waals surface area contributed by atoms with Crippen LogP contribution in [0, 0.1) is 5.92 Å². The van der Waals surface area contributed by atoms with Gasteiger partial charge in [0.1, 0.15) is 33.0 Å². The summed E-state index contributed by atoms with van der Waals surface area (Å²) in [5.41, 5.74) is 3.95. The number of piperidine rings is 1. The van der Waals surface area contributed by atoms with Crippen LogP contribution in [0.4, 0.5) is 11.6 Å². The zero-order valence-corrected chi connectivity index (χ0v) is 20.0. The van der Waals surface area contributed by atoms with Crippen LogP contribution in [0.15, 0.2) is 42.9 Å². The highest BCUT2D eigenvalue weighted by molar-refractivity contribution is 6.41. The second-order valence-electron chi connectivity index (χ2n) is 9.93. The van der Waals surface area contributed by atoms with E-state index in [1.54, 1.807) is 0 Å². The molecule has 0 aromatic carbocycles. The van der Waals surface area contributed by atoms with Crippen molar-refractivity contribution < 1.29 is 0 Å². The van der Waals surface area contributed by atoms with Gasteiger partial charge in [-0.2, -0.15) is 9.61 Å². The topological polar surface area (TPSA) is 83.6 Å². The summed E-state index contributed by atoms with van der Waals surface area (Å²) in [6.45, 7) is 7.49. The van der Waals surface area contributed by atoms with Gasteiger partial charge in [-0.05, 0) is 49.9 Å². The third-order valence-corrected chi connectivity index (χ3v) is 6.60. The Morgan fingerprint density at radius 1 is 1.21 bits per heavy atom. The monoisotopic (exact) mass is 442 g/mol. The van der Waals surface area contributed by atoms with Gasteiger partial charge in [-0.3, -0.25) is 0 Å². The number of pyridine rings is 1. The van der Waals surface area contributed by atoms with Crippen molar-refractivity contribution in [2.24, 2.45) is 5.92 Å². The molecule has 8 nitrogen and oxygen atoms in total. The molecule has 4 aromatic heterocycles. The Balaban J connectivity index is 1.48. The molecule has 0 unspecified atom stereocenters. The molecule has 33 heavy (non-hydrogen) atoms. The highest BCUT2D eigenvalue weighted by atomic mass is 15.3. The molecule has 4 aromatic rings. The minimum Gasteiger partial charge on any atom is -0.374 e. The Labute approximate surface area is 196 Å². The van der Waals surface area contributed by atoms with E-state index in [1.807, 2.05) is 35.1 Å². The van der Waals surface area contributed by atoms with Gasteiger partial charge < -0.3 is 20.4 Å². The zero-order chi connectivity index (χ0) is 23.0. The fraction of sp³-hybridized carbons (Fsp3) is 0.435. The van der Waals surface area contributed by atoms with Gasteiger partial charge in [-0.1, -0.05) is 19.9 Å². The van der Waals surface area contributed by atoms with Crippen LogP contribution in [0.2, 0.25) is 0 Å². The van der Waals surface area contributed by atoms with Crippen LogP contribution in [0.3, 0.4) is 0 Å². The first kappa shape index (κ1) is 21.8. The summed E-state index contributed by atoms with van der Waals surface area (Å²) in [6.07, 6.45) is 8.44. The highest BCUT2D eigenvalue weighted by Crippen LogP contribution is 2.27. The molecule has 3 N–H and O–H groups in total. The lowest BCUT2D eigenvalue weighted by Crippen LogP contribution is -2.37.